The molecule has 0 bridgehead atoms. The van der Waals surface area contributed by atoms with Crippen molar-refractivity contribution in [2.24, 2.45) is 5.92 Å². The second-order valence-electron chi connectivity index (χ2n) is 9.35. The second-order valence-corrected chi connectivity index (χ2v) is 9.35. The Morgan fingerprint density at radius 3 is 2.46 bits per heavy atom. The quantitative estimate of drug-likeness (QED) is 0.444. The molecular formula is C27H29F3N4O. The van der Waals surface area contributed by atoms with Gasteiger partial charge in [0.15, 0.2) is 0 Å². The first kappa shape index (κ1) is 24.8. The lowest BCUT2D eigenvalue weighted by Crippen LogP contribution is -2.48. The maximum Gasteiger partial charge on any atom is 0.419 e. The molecule has 2 atom stereocenters. The summed E-state index contributed by atoms with van der Waals surface area (Å²) in [7, 11) is 0. The molecule has 1 fully saturated rings. The van der Waals surface area contributed by atoms with Gasteiger partial charge in [0, 0.05) is 54.4 Å². The summed E-state index contributed by atoms with van der Waals surface area (Å²) in [5.74, 6) is 0.579. The Morgan fingerprint density at radius 2 is 1.80 bits per heavy atom. The molecule has 1 saturated heterocycles. The molecule has 0 radical (unpaired) electrons. The van der Waals surface area contributed by atoms with Gasteiger partial charge in [-0.05, 0) is 56.7 Å². The molecule has 1 aliphatic rings. The number of hydrogen-bond acceptors (Lipinski definition) is 4. The minimum Gasteiger partial charge on any atom is -0.335 e. The van der Waals surface area contributed by atoms with Crippen LogP contribution in [0.25, 0.3) is 11.1 Å². The van der Waals surface area contributed by atoms with Crippen molar-refractivity contribution in [3.8, 4) is 11.1 Å². The third-order valence-electron chi connectivity index (χ3n) is 6.70. The molecule has 0 saturated carbocycles. The van der Waals surface area contributed by atoms with Crippen molar-refractivity contribution < 1.29 is 18.0 Å². The van der Waals surface area contributed by atoms with Crippen LogP contribution in [0, 0.1) is 19.8 Å². The molecule has 8 heteroatoms. The monoisotopic (exact) mass is 482 g/mol. The van der Waals surface area contributed by atoms with Gasteiger partial charge in [-0.15, -0.1) is 0 Å². The number of nitrogens with zero attached hydrogens (tertiary/aromatic N) is 4. The molecule has 3 aromatic rings. The van der Waals surface area contributed by atoms with Gasteiger partial charge in [0.05, 0.1) is 5.56 Å². The molecule has 5 nitrogen and oxygen atoms in total. The van der Waals surface area contributed by atoms with Crippen molar-refractivity contribution in [1.82, 2.24) is 19.9 Å². The smallest absolute Gasteiger partial charge is 0.335 e. The number of carbonyl (C=O) groups excluding carboxylic acids is 1. The molecule has 0 unspecified atom stereocenters. The third kappa shape index (κ3) is 5.69. The number of rotatable bonds is 5. The average Bonchev–Trinajstić information content (AvgIpc) is 2.83. The fourth-order valence-electron chi connectivity index (χ4n) is 4.72. The van der Waals surface area contributed by atoms with Crippen molar-refractivity contribution in [3.63, 3.8) is 0 Å². The van der Waals surface area contributed by atoms with E-state index in [9.17, 15) is 18.0 Å². The Labute approximate surface area is 203 Å². The predicted octanol–water partition coefficient (Wildman–Crippen LogP) is 6.05. The van der Waals surface area contributed by atoms with E-state index >= 15 is 0 Å². The number of likely N-dealkylation sites (tertiary alicyclic amines) is 1. The van der Waals surface area contributed by atoms with Gasteiger partial charge in [-0.2, -0.15) is 13.2 Å². The van der Waals surface area contributed by atoms with Gasteiger partial charge >= 0.3 is 6.18 Å². The summed E-state index contributed by atoms with van der Waals surface area (Å²) in [6, 6.07) is 9.73. The molecule has 1 aromatic carbocycles. The Hall–Kier alpha value is -3.29. The fraction of sp³-hybridized carbons (Fsp3) is 0.407. The fourth-order valence-corrected chi connectivity index (χ4v) is 4.72. The molecule has 1 amide bonds. The third-order valence-corrected chi connectivity index (χ3v) is 6.70. The first-order chi connectivity index (χ1) is 16.6. The Bertz CT molecular complexity index is 1180. The normalized spacial score (nSPS) is 18.5. The van der Waals surface area contributed by atoms with Gasteiger partial charge in [0.2, 0.25) is 0 Å². The standard InChI is InChI=1S/C27H29F3N4O/c1-17-6-9-22(20-8-7-19(3)31-14-20)23(13-17)26(35)34-12-4-5-18(2)24(34)10-11-25-32-15-21(16-33-25)27(28,29)30/h6-9,13-16,18,24H,4-5,10-12H2,1-3H3/t18-,24-/m1/s1. The van der Waals surface area contributed by atoms with E-state index in [1.807, 2.05) is 49.1 Å². The summed E-state index contributed by atoms with van der Waals surface area (Å²) in [5.41, 5.74) is 3.41. The molecule has 0 aliphatic carbocycles. The summed E-state index contributed by atoms with van der Waals surface area (Å²) >= 11 is 0. The maximum absolute atomic E-state index is 13.9. The molecular weight excluding hydrogens is 453 g/mol. The van der Waals surface area contributed by atoms with Crippen LogP contribution in [0.3, 0.4) is 0 Å². The lowest BCUT2D eigenvalue weighted by Gasteiger charge is -2.40. The minimum absolute atomic E-state index is 0.0332. The molecule has 35 heavy (non-hydrogen) atoms. The zero-order chi connectivity index (χ0) is 25.2. The van der Waals surface area contributed by atoms with E-state index in [-0.39, 0.29) is 17.9 Å². The lowest BCUT2D eigenvalue weighted by atomic mass is 9.86. The van der Waals surface area contributed by atoms with Gasteiger partial charge in [-0.25, -0.2) is 9.97 Å². The summed E-state index contributed by atoms with van der Waals surface area (Å²) in [5, 5.41) is 0. The van der Waals surface area contributed by atoms with Crippen molar-refractivity contribution in [3.05, 3.63) is 77.1 Å². The van der Waals surface area contributed by atoms with Crippen LogP contribution in [0.5, 0.6) is 0 Å². The van der Waals surface area contributed by atoms with Gasteiger partial charge in [-0.3, -0.25) is 9.78 Å². The highest BCUT2D eigenvalue weighted by atomic mass is 19.4. The molecule has 184 valence electrons. The Kier molecular flexibility index (Phi) is 7.19. The van der Waals surface area contributed by atoms with Crippen LogP contribution >= 0.6 is 0 Å². The summed E-state index contributed by atoms with van der Waals surface area (Å²) in [6.07, 6.45) is 1.87. The van der Waals surface area contributed by atoms with Crippen molar-refractivity contribution in [2.45, 2.75) is 58.7 Å². The van der Waals surface area contributed by atoms with Crippen LogP contribution in [0.1, 0.15) is 59.2 Å². The van der Waals surface area contributed by atoms with Gasteiger partial charge < -0.3 is 4.90 Å². The Balaban J connectivity index is 1.58. The van der Waals surface area contributed by atoms with E-state index in [1.165, 1.54) is 0 Å². The Morgan fingerprint density at radius 1 is 1.06 bits per heavy atom. The van der Waals surface area contributed by atoms with E-state index in [1.54, 1.807) is 6.20 Å². The lowest BCUT2D eigenvalue weighted by molar-refractivity contribution is -0.138. The topological polar surface area (TPSA) is 59.0 Å². The number of piperidine rings is 1. The highest BCUT2D eigenvalue weighted by molar-refractivity contribution is 6.01. The van der Waals surface area contributed by atoms with Crippen LogP contribution in [0.15, 0.2) is 48.9 Å². The zero-order valence-corrected chi connectivity index (χ0v) is 20.1. The molecule has 3 heterocycles. The number of hydrogen-bond donors (Lipinski definition) is 0. The van der Waals surface area contributed by atoms with Crippen LogP contribution in [-0.2, 0) is 12.6 Å². The van der Waals surface area contributed by atoms with Crippen molar-refractivity contribution >= 4 is 5.91 Å². The van der Waals surface area contributed by atoms with Crippen LogP contribution in [0.2, 0.25) is 0 Å². The predicted molar refractivity (Wildman–Crippen MR) is 128 cm³/mol. The van der Waals surface area contributed by atoms with Gasteiger partial charge in [0.1, 0.15) is 5.82 Å². The van der Waals surface area contributed by atoms with Crippen molar-refractivity contribution in [2.75, 3.05) is 6.54 Å². The highest BCUT2D eigenvalue weighted by Crippen LogP contribution is 2.32. The molecule has 2 aromatic heterocycles. The number of halogens is 3. The van der Waals surface area contributed by atoms with E-state index in [4.69, 9.17) is 0 Å². The molecule has 1 aliphatic heterocycles. The summed E-state index contributed by atoms with van der Waals surface area (Å²) < 4.78 is 38.5. The van der Waals surface area contributed by atoms with Crippen molar-refractivity contribution in [1.29, 1.82) is 0 Å². The van der Waals surface area contributed by atoms with E-state index < -0.39 is 11.7 Å². The molecule has 4 rings (SSSR count). The van der Waals surface area contributed by atoms with Gasteiger partial charge in [-0.1, -0.05) is 30.7 Å². The number of alkyl halides is 3. The largest absolute Gasteiger partial charge is 0.419 e. The van der Waals surface area contributed by atoms with E-state index in [2.05, 4.69) is 21.9 Å². The first-order valence-corrected chi connectivity index (χ1v) is 11.9. The number of pyridine rings is 1. The number of aryl methyl sites for hydroxylation is 3. The average molecular weight is 483 g/mol. The van der Waals surface area contributed by atoms with Crippen LogP contribution in [0.4, 0.5) is 13.2 Å². The van der Waals surface area contributed by atoms with Crippen LogP contribution in [-0.4, -0.2) is 38.3 Å². The zero-order valence-electron chi connectivity index (χ0n) is 20.1. The van der Waals surface area contributed by atoms with E-state index in [0.717, 1.165) is 47.6 Å². The summed E-state index contributed by atoms with van der Waals surface area (Å²) in [6.45, 7) is 6.65. The molecule has 0 N–H and O–H groups in total. The first-order valence-electron chi connectivity index (χ1n) is 11.9. The summed E-state index contributed by atoms with van der Waals surface area (Å²) in [4.78, 5) is 28.0. The van der Waals surface area contributed by atoms with E-state index in [0.29, 0.717) is 30.8 Å². The van der Waals surface area contributed by atoms with Crippen LogP contribution < -0.4 is 0 Å². The number of aromatic nitrogens is 3. The highest BCUT2D eigenvalue weighted by Gasteiger charge is 2.34. The SMILES string of the molecule is Cc1ccc(-c2ccc(C)nc2)c(C(=O)N2CCC[C@@H](C)[C@H]2CCc2ncc(C(F)(F)F)cn2)c1. The maximum atomic E-state index is 13.9. The number of amides is 1. The second kappa shape index (κ2) is 10.1. The molecule has 0 spiro atoms. The number of carbonyl (C=O) groups is 1. The number of benzene rings is 1. The minimum atomic E-state index is -4.46. The van der Waals surface area contributed by atoms with Gasteiger partial charge in [0.25, 0.3) is 5.91 Å².